The number of nitrogens with zero attached hydrogens (tertiary/aromatic N) is 2. The van der Waals surface area contributed by atoms with Gasteiger partial charge in [-0.2, -0.15) is 0 Å². The van der Waals surface area contributed by atoms with Crippen LogP contribution in [0.3, 0.4) is 0 Å². The van der Waals surface area contributed by atoms with Gasteiger partial charge in [-0.3, -0.25) is 9.59 Å². The molecule has 1 aromatic carbocycles. The number of aryl methyl sites for hydroxylation is 2. The van der Waals surface area contributed by atoms with Crippen LogP contribution < -0.4 is 0 Å². The van der Waals surface area contributed by atoms with E-state index >= 15 is 0 Å². The van der Waals surface area contributed by atoms with Gasteiger partial charge in [-0.15, -0.1) is 11.3 Å². The number of aromatic amines is 1. The maximum Gasteiger partial charge on any atom is 0.225 e. The van der Waals surface area contributed by atoms with Crippen LogP contribution in [0.1, 0.15) is 86.8 Å². The molecule has 2 saturated heterocycles. The zero-order chi connectivity index (χ0) is 29.9. The third-order valence-corrected chi connectivity index (χ3v) is 12.9. The largest absolute Gasteiger partial charge is 0.346 e. The van der Waals surface area contributed by atoms with Crippen molar-refractivity contribution in [1.82, 2.24) is 14.8 Å². The SMILES string of the molecule is Cc1cc(C)cc(-c2[nH]c3sc(C(C)(C)C(=O)C4C5CCC4CC5)cc3c2CCN2CCC(C(=O)N3CCCC3)CC2)c1. The number of benzene rings is 1. The van der Waals surface area contributed by atoms with Gasteiger partial charge in [0.1, 0.15) is 10.6 Å². The number of fused-ring (bicyclic) bond motifs is 3. The molecule has 0 atom stereocenters. The van der Waals surface area contributed by atoms with Crippen LogP contribution in [0.5, 0.6) is 0 Å². The van der Waals surface area contributed by atoms with Crippen LogP contribution in [-0.4, -0.2) is 59.2 Å². The van der Waals surface area contributed by atoms with Gasteiger partial charge in [-0.05, 0) is 140 Å². The summed E-state index contributed by atoms with van der Waals surface area (Å²) in [7, 11) is 0. The van der Waals surface area contributed by atoms with Crippen LogP contribution in [0.2, 0.25) is 0 Å². The van der Waals surface area contributed by atoms with Crippen LogP contribution in [-0.2, 0) is 21.4 Å². The Kier molecular flexibility index (Phi) is 7.82. The highest BCUT2D eigenvalue weighted by Gasteiger charge is 2.50. The second-order valence-electron chi connectivity index (χ2n) is 14.8. The Morgan fingerprint density at radius 3 is 2.14 bits per heavy atom. The van der Waals surface area contributed by atoms with Crippen molar-refractivity contribution in [3.05, 3.63) is 45.8 Å². The van der Waals surface area contributed by atoms with Crippen molar-refractivity contribution in [1.29, 1.82) is 0 Å². The van der Waals surface area contributed by atoms with Crippen LogP contribution >= 0.6 is 11.3 Å². The Balaban J connectivity index is 1.13. The normalized spacial score (nSPS) is 24.9. The third-order valence-electron chi connectivity index (χ3n) is 11.5. The second kappa shape index (κ2) is 11.5. The fourth-order valence-corrected chi connectivity index (χ4v) is 10.2. The van der Waals surface area contributed by atoms with E-state index < -0.39 is 5.41 Å². The molecule has 0 spiro atoms. The van der Waals surface area contributed by atoms with Crippen molar-refractivity contribution in [2.45, 2.75) is 90.9 Å². The van der Waals surface area contributed by atoms with E-state index in [0.717, 1.165) is 64.8 Å². The minimum atomic E-state index is -0.457. The lowest BCUT2D eigenvalue weighted by Crippen LogP contribution is -2.42. The number of amides is 1. The number of carbonyl (C=O) groups is 2. The van der Waals surface area contributed by atoms with Gasteiger partial charge in [0.15, 0.2) is 0 Å². The number of aromatic nitrogens is 1. The van der Waals surface area contributed by atoms with Crippen molar-refractivity contribution in [2.24, 2.45) is 23.7 Å². The average Bonchev–Trinajstić information content (AvgIpc) is 3.82. The van der Waals surface area contributed by atoms with E-state index in [2.05, 4.69) is 66.7 Å². The average molecular weight is 600 g/mol. The lowest BCUT2D eigenvalue weighted by atomic mass is 9.76. The number of rotatable bonds is 8. The minimum Gasteiger partial charge on any atom is -0.346 e. The first kappa shape index (κ1) is 29.3. The Labute approximate surface area is 261 Å². The van der Waals surface area contributed by atoms with E-state index in [1.165, 1.54) is 68.7 Å². The molecule has 2 aromatic heterocycles. The molecular weight excluding hydrogens is 550 g/mol. The van der Waals surface area contributed by atoms with E-state index in [9.17, 15) is 9.59 Å². The summed E-state index contributed by atoms with van der Waals surface area (Å²) in [5, 5.41) is 1.29. The molecule has 1 N–H and O–H groups in total. The summed E-state index contributed by atoms with van der Waals surface area (Å²) in [4.78, 5) is 37.9. The first-order valence-electron chi connectivity index (χ1n) is 17.0. The van der Waals surface area contributed by atoms with E-state index in [1.807, 2.05) is 0 Å². The first-order chi connectivity index (χ1) is 20.7. The van der Waals surface area contributed by atoms with Crippen LogP contribution in [0.15, 0.2) is 24.3 Å². The van der Waals surface area contributed by atoms with E-state index in [1.54, 1.807) is 11.3 Å². The van der Waals surface area contributed by atoms with Gasteiger partial charge in [0, 0.05) is 41.7 Å². The number of thiophene rings is 1. The summed E-state index contributed by atoms with van der Waals surface area (Å²) in [6.45, 7) is 13.6. The number of carbonyl (C=O) groups excluding carboxylic acids is 2. The van der Waals surface area contributed by atoms with Crippen molar-refractivity contribution in [3.8, 4) is 11.3 Å². The monoisotopic (exact) mass is 599 g/mol. The fourth-order valence-electron chi connectivity index (χ4n) is 9.05. The molecule has 4 heterocycles. The number of Topliss-reactive ketones (excluding diaryl/α,β-unsaturated/α-hetero) is 1. The summed E-state index contributed by atoms with van der Waals surface area (Å²) in [5.41, 5.74) is 5.97. The molecule has 6 heteroatoms. The highest BCUT2D eigenvalue weighted by molar-refractivity contribution is 7.19. The number of hydrogen-bond donors (Lipinski definition) is 1. The third kappa shape index (κ3) is 5.41. The maximum absolute atomic E-state index is 14.0. The smallest absolute Gasteiger partial charge is 0.225 e. The Morgan fingerprint density at radius 1 is 0.884 bits per heavy atom. The molecule has 0 unspecified atom stereocenters. The molecule has 4 fully saturated rings. The predicted octanol–water partition coefficient (Wildman–Crippen LogP) is 7.67. The van der Waals surface area contributed by atoms with Gasteiger partial charge in [0.25, 0.3) is 0 Å². The van der Waals surface area contributed by atoms with Gasteiger partial charge in [0.05, 0.1) is 11.1 Å². The van der Waals surface area contributed by atoms with Gasteiger partial charge in [-0.1, -0.05) is 17.2 Å². The summed E-state index contributed by atoms with van der Waals surface area (Å²) in [6.07, 6.45) is 10.2. The second-order valence-corrected chi connectivity index (χ2v) is 15.8. The van der Waals surface area contributed by atoms with E-state index in [4.69, 9.17) is 0 Å². The highest BCUT2D eigenvalue weighted by Crippen LogP contribution is 2.52. The number of likely N-dealkylation sites (tertiary alicyclic amines) is 2. The topological polar surface area (TPSA) is 56.4 Å². The van der Waals surface area contributed by atoms with E-state index in [0.29, 0.717) is 23.5 Å². The Hall–Kier alpha value is -2.44. The molecule has 7 rings (SSSR count). The van der Waals surface area contributed by atoms with Gasteiger partial charge >= 0.3 is 0 Å². The molecule has 5 nitrogen and oxygen atoms in total. The first-order valence-corrected chi connectivity index (χ1v) is 17.8. The van der Waals surface area contributed by atoms with Crippen LogP contribution in [0.25, 0.3) is 21.5 Å². The molecule has 3 aromatic rings. The van der Waals surface area contributed by atoms with E-state index in [-0.39, 0.29) is 11.8 Å². The number of ketones is 1. The molecule has 1 amide bonds. The number of H-pyrrole nitrogens is 1. The Bertz CT molecular complexity index is 1480. The number of nitrogens with one attached hydrogen (secondary N) is 1. The predicted molar refractivity (Wildman–Crippen MR) is 177 cm³/mol. The lowest BCUT2D eigenvalue weighted by molar-refractivity contribution is -0.136. The van der Waals surface area contributed by atoms with Crippen LogP contribution in [0, 0.1) is 37.5 Å². The molecule has 230 valence electrons. The van der Waals surface area contributed by atoms with Crippen molar-refractivity contribution in [2.75, 3.05) is 32.7 Å². The highest BCUT2D eigenvalue weighted by atomic mass is 32.1. The van der Waals surface area contributed by atoms with Crippen molar-refractivity contribution >= 4 is 33.2 Å². The van der Waals surface area contributed by atoms with Crippen molar-refractivity contribution in [3.63, 3.8) is 0 Å². The summed E-state index contributed by atoms with van der Waals surface area (Å²) in [5.74, 6) is 2.57. The molecular formula is C37H49N3O2S. The zero-order valence-electron chi connectivity index (χ0n) is 26.6. The van der Waals surface area contributed by atoms with Crippen LogP contribution in [0.4, 0.5) is 0 Å². The van der Waals surface area contributed by atoms with Gasteiger partial charge in [0.2, 0.25) is 5.91 Å². The summed E-state index contributed by atoms with van der Waals surface area (Å²) >= 11 is 1.80. The molecule has 0 radical (unpaired) electrons. The standard InChI is InChI=1S/C37H49N3O2S/c1-23-19-24(2)21-28(20-23)33-29(13-18-39-16-11-27(12-17-39)36(42)40-14-5-6-15-40)30-22-31(43-35(30)38-33)37(3,4)34(41)32-25-7-8-26(32)10-9-25/h19-22,25-27,32,38H,5-18H2,1-4H3. The fraction of sp³-hybridized carbons (Fsp3) is 0.622. The zero-order valence-corrected chi connectivity index (χ0v) is 27.5. The molecule has 2 saturated carbocycles. The number of piperidine rings is 1. The summed E-state index contributed by atoms with van der Waals surface area (Å²) < 4.78 is 0. The molecule has 43 heavy (non-hydrogen) atoms. The Morgan fingerprint density at radius 2 is 1.51 bits per heavy atom. The van der Waals surface area contributed by atoms with Crippen molar-refractivity contribution < 1.29 is 9.59 Å². The maximum atomic E-state index is 14.0. The number of hydrogen-bond acceptors (Lipinski definition) is 4. The lowest BCUT2D eigenvalue weighted by Gasteiger charge is -2.33. The molecule has 2 aliphatic heterocycles. The van der Waals surface area contributed by atoms with Gasteiger partial charge < -0.3 is 14.8 Å². The molecule has 4 aliphatic rings. The molecule has 2 aliphatic carbocycles. The minimum absolute atomic E-state index is 0.202. The van der Waals surface area contributed by atoms with Gasteiger partial charge in [-0.25, -0.2) is 0 Å². The summed E-state index contributed by atoms with van der Waals surface area (Å²) in [6, 6.07) is 9.19. The molecule has 2 bridgehead atoms. The quantitative estimate of drug-likeness (QED) is 0.289.